The van der Waals surface area contributed by atoms with Crippen LogP contribution in [0.4, 0.5) is 0 Å². The van der Waals surface area contributed by atoms with E-state index >= 15 is 0 Å². The van der Waals surface area contributed by atoms with Gasteiger partial charge >= 0.3 is 0 Å². The van der Waals surface area contributed by atoms with E-state index in [1.807, 2.05) is 38.1 Å². The van der Waals surface area contributed by atoms with Crippen molar-refractivity contribution in [1.82, 2.24) is 15.6 Å². The average Bonchev–Trinajstić information content (AvgIpc) is 2.60. The number of benzene rings is 1. The van der Waals surface area contributed by atoms with Gasteiger partial charge in [-0.05, 0) is 49.6 Å². The van der Waals surface area contributed by atoms with Crippen LogP contribution < -0.4 is 10.6 Å². The van der Waals surface area contributed by atoms with E-state index in [9.17, 15) is 8.42 Å². The Morgan fingerprint density at radius 2 is 1.85 bits per heavy atom. The number of halogens is 1. The van der Waals surface area contributed by atoms with Crippen LogP contribution in [0.25, 0.3) is 0 Å². The standard InChI is InChI=1S/C19H26N4O2S.HI/c1-4-20-19(23-14-18-15(2)6-5-12-21-18)22-13-11-16-7-9-17(10-8-16)26(3,24)25;/h5-10,12H,4,11,13-14H2,1-3H3,(H2,20,22,23);1H. The number of aryl methyl sites for hydroxylation is 1. The Morgan fingerprint density at radius 3 is 2.44 bits per heavy atom. The van der Waals surface area contributed by atoms with Gasteiger partial charge in [0.15, 0.2) is 15.8 Å². The zero-order chi connectivity index (χ0) is 19.0. The van der Waals surface area contributed by atoms with Crippen molar-refractivity contribution < 1.29 is 8.42 Å². The second-order valence-corrected chi connectivity index (χ2v) is 8.07. The van der Waals surface area contributed by atoms with Crippen LogP contribution in [0.15, 0.2) is 52.5 Å². The maximum atomic E-state index is 11.5. The van der Waals surface area contributed by atoms with E-state index in [4.69, 9.17) is 0 Å². The molecule has 2 aromatic rings. The van der Waals surface area contributed by atoms with Crippen LogP contribution in [-0.4, -0.2) is 38.7 Å². The number of hydrogen-bond acceptors (Lipinski definition) is 4. The van der Waals surface area contributed by atoms with Crippen LogP contribution in [0, 0.1) is 6.92 Å². The van der Waals surface area contributed by atoms with Crippen LogP contribution in [-0.2, 0) is 22.8 Å². The molecule has 8 heteroatoms. The van der Waals surface area contributed by atoms with Crippen molar-refractivity contribution in [3.8, 4) is 0 Å². The van der Waals surface area contributed by atoms with Crippen molar-refractivity contribution in [2.75, 3.05) is 19.3 Å². The first-order valence-electron chi connectivity index (χ1n) is 8.62. The fourth-order valence-electron chi connectivity index (χ4n) is 2.41. The molecular weight excluding hydrogens is 475 g/mol. The average molecular weight is 502 g/mol. The van der Waals surface area contributed by atoms with Gasteiger partial charge in [-0.15, -0.1) is 24.0 Å². The molecule has 27 heavy (non-hydrogen) atoms. The first-order valence-corrected chi connectivity index (χ1v) is 10.5. The molecule has 2 rings (SSSR count). The third kappa shape index (κ3) is 7.84. The molecule has 1 aromatic carbocycles. The zero-order valence-corrected chi connectivity index (χ0v) is 19.0. The zero-order valence-electron chi connectivity index (χ0n) is 15.9. The van der Waals surface area contributed by atoms with Gasteiger partial charge < -0.3 is 10.6 Å². The smallest absolute Gasteiger partial charge is 0.191 e. The highest BCUT2D eigenvalue weighted by molar-refractivity contribution is 14.0. The predicted molar refractivity (Wildman–Crippen MR) is 120 cm³/mol. The second-order valence-electron chi connectivity index (χ2n) is 6.06. The summed E-state index contributed by atoms with van der Waals surface area (Å²) in [7, 11) is -3.15. The lowest BCUT2D eigenvalue weighted by atomic mass is 10.1. The third-order valence-electron chi connectivity index (χ3n) is 3.91. The minimum Gasteiger partial charge on any atom is -0.357 e. The van der Waals surface area contributed by atoms with Crippen molar-refractivity contribution >= 4 is 39.8 Å². The van der Waals surface area contributed by atoms with Gasteiger partial charge in [-0.1, -0.05) is 18.2 Å². The molecule has 0 fully saturated rings. The summed E-state index contributed by atoms with van der Waals surface area (Å²) in [5.41, 5.74) is 3.15. The first-order chi connectivity index (χ1) is 12.4. The number of rotatable bonds is 7. The summed E-state index contributed by atoms with van der Waals surface area (Å²) in [6.45, 7) is 6.04. The predicted octanol–water partition coefficient (Wildman–Crippen LogP) is 2.71. The van der Waals surface area contributed by atoms with Gasteiger partial charge in [-0.3, -0.25) is 4.98 Å². The molecule has 0 saturated heterocycles. The summed E-state index contributed by atoms with van der Waals surface area (Å²) in [6, 6.07) is 10.9. The van der Waals surface area contributed by atoms with Gasteiger partial charge in [-0.2, -0.15) is 0 Å². The quantitative estimate of drug-likeness (QED) is 0.346. The van der Waals surface area contributed by atoms with E-state index in [1.54, 1.807) is 18.3 Å². The third-order valence-corrected chi connectivity index (χ3v) is 5.04. The molecule has 0 spiro atoms. The van der Waals surface area contributed by atoms with E-state index in [-0.39, 0.29) is 24.0 Å². The fourth-order valence-corrected chi connectivity index (χ4v) is 3.04. The number of aliphatic imine (C=N–C) groups is 1. The lowest BCUT2D eigenvalue weighted by Gasteiger charge is -2.12. The van der Waals surface area contributed by atoms with Crippen LogP contribution in [0.5, 0.6) is 0 Å². The van der Waals surface area contributed by atoms with Gasteiger partial charge in [0.1, 0.15) is 0 Å². The Bertz CT molecular complexity index is 852. The molecule has 0 atom stereocenters. The molecule has 0 aliphatic heterocycles. The Balaban J connectivity index is 0.00000364. The van der Waals surface area contributed by atoms with Gasteiger partial charge in [0.25, 0.3) is 0 Å². The molecule has 2 N–H and O–H groups in total. The number of hydrogen-bond donors (Lipinski definition) is 2. The Morgan fingerprint density at radius 1 is 1.15 bits per heavy atom. The lowest BCUT2D eigenvalue weighted by molar-refractivity contribution is 0.602. The Hall–Kier alpha value is -1.68. The summed E-state index contributed by atoms with van der Waals surface area (Å²) in [5, 5.41) is 6.52. The molecule has 148 valence electrons. The molecular formula is C19H27IN4O2S. The Labute approximate surface area is 178 Å². The number of aromatic nitrogens is 1. The van der Waals surface area contributed by atoms with Gasteiger partial charge in [-0.25, -0.2) is 13.4 Å². The van der Waals surface area contributed by atoms with Crippen LogP contribution >= 0.6 is 24.0 Å². The summed E-state index contributed by atoms with van der Waals surface area (Å²) in [4.78, 5) is 9.27. The van der Waals surface area contributed by atoms with Crippen LogP contribution in [0.1, 0.15) is 23.7 Å². The topological polar surface area (TPSA) is 83.4 Å². The molecule has 0 aliphatic rings. The van der Waals surface area contributed by atoms with Crippen molar-refractivity contribution in [2.24, 2.45) is 4.99 Å². The number of guanidine groups is 1. The molecule has 0 saturated carbocycles. The lowest BCUT2D eigenvalue weighted by Crippen LogP contribution is -2.38. The molecule has 0 radical (unpaired) electrons. The summed E-state index contributed by atoms with van der Waals surface area (Å²) < 4.78 is 23.0. The normalized spacial score (nSPS) is 11.6. The van der Waals surface area contributed by atoms with Gasteiger partial charge in [0, 0.05) is 25.5 Å². The van der Waals surface area contributed by atoms with E-state index in [0.29, 0.717) is 18.0 Å². The van der Waals surface area contributed by atoms with Crippen LogP contribution in [0.2, 0.25) is 0 Å². The van der Waals surface area contributed by atoms with E-state index in [0.717, 1.165) is 35.7 Å². The molecule has 6 nitrogen and oxygen atoms in total. The number of nitrogens with zero attached hydrogens (tertiary/aromatic N) is 2. The summed E-state index contributed by atoms with van der Waals surface area (Å²) in [6.07, 6.45) is 3.77. The molecule has 0 aliphatic carbocycles. The number of sulfone groups is 1. The van der Waals surface area contributed by atoms with Gasteiger partial charge in [0.05, 0.1) is 17.1 Å². The van der Waals surface area contributed by atoms with Crippen molar-refractivity contribution in [3.05, 3.63) is 59.4 Å². The maximum Gasteiger partial charge on any atom is 0.191 e. The molecule has 1 heterocycles. The second kappa shape index (κ2) is 11.2. The minimum absolute atomic E-state index is 0. The molecule has 0 unspecified atom stereocenters. The van der Waals surface area contributed by atoms with Crippen molar-refractivity contribution in [2.45, 2.75) is 31.7 Å². The van der Waals surface area contributed by atoms with Crippen molar-refractivity contribution in [1.29, 1.82) is 0 Å². The SMILES string of the molecule is CCNC(=NCc1ncccc1C)NCCc1ccc(S(C)(=O)=O)cc1.I. The number of pyridine rings is 1. The fraction of sp³-hybridized carbons (Fsp3) is 0.368. The highest BCUT2D eigenvalue weighted by Gasteiger charge is 2.06. The highest BCUT2D eigenvalue weighted by Crippen LogP contribution is 2.10. The minimum atomic E-state index is -3.15. The van der Waals surface area contributed by atoms with Gasteiger partial charge in [0.2, 0.25) is 0 Å². The number of nitrogens with one attached hydrogen (secondary N) is 2. The van der Waals surface area contributed by atoms with Crippen LogP contribution in [0.3, 0.4) is 0 Å². The highest BCUT2D eigenvalue weighted by atomic mass is 127. The maximum absolute atomic E-state index is 11.5. The van der Waals surface area contributed by atoms with E-state index < -0.39 is 9.84 Å². The summed E-state index contributed by atoms with van der Waals surface area (Å²) >= 11 is 0. The molecule has 0 amide bonds. The first kappa shape index (κ1) is 23.4. The Kier molecular flexibility index (Phi) is 9.71. The van der Waals surface area contributed by atoms with E-state index in [1.165, 1.54) is 6.26 Å². The molecule has 0 bridgehead atoms. The largest absolute Gasteiger partial charge is 0.357 e. The van der Waals surface area contributed by atoms with Crippen molar-refractivity contribution in [3.63, 3.8) is 0 Å². The monoisotopic (exact) mass is 502 g/mol. The summed E-state index contributed by atoms with van der Waals surface area (Å²) in [5.74, 6) is 0.741. The molecule has 1 aromatic heterocycles. The van der Waals surface area contributed by atoms with E-state index in [2.05, 4.69) is 20.6 Å².